The van der Waals surface area contributed by atoms with Crippen LogP contribution in [0.5, 0.6) is 0 Å². The van der Waals surface area contributed by atoms with Gasteiger partial charge < -0.3 is 0 Å². The highest BCUT2D eigenvalue weighted by molar-refractivity contribution is 4.75. The molecule has 48 valence electrons. The Morgan fingerprint density at radius 2 is 1.88 bits per heavy atom. The third-order valence-corrected chi connectivity index (χ3v) is 1.27. The molecule has 0 aromatic heterocycles. The summed E-state index contributed by atoms with van der Waals surface area (Å²) < 4.78 is 0. The molecule has 5 heteroatoms. The van der Waals surface area contributed by atoms with Gasteiger partial charge in [-0.05, 0) is 11.8 Å². The van der Waals surface area contributed by atoms with Crippen molar-refractivity contribution in [3.63, 3.8) is 0 Å². The Kier molecular flexibility index (Phi) is 1.03. The molecule has 0 bridgehead atoms. The fourth-order valence-electron chi connectivity index (χ4n) is 0.706. The van der Waals surface area contributed by atoms with Crippen molar-refractivity contribution in [2.45, 2.75) is 13.0 Å². The molecule has 5 nitrogen and oxygen atoms in total. The summed E-state index contributed by atoms with van der Waals surface area (Å²) in [6, 6.07) is 0.440. The first-order chi connectivity index (χ1) is 3.52. The van der Waals surface area contributed by atoms with Crippen molar-refractivity contribution >= 4 is 0 Å². The highest BCUT2D eigenvalue weighted by atomic mass is 16.1. The second-order valence-electron chi connectivity index (χ2n) is 2.26. The summed E-state index contributed by atoms with van der Waals surface area (Å²) >= 11 is 0. The third-order valence-electron chi connectivity index (χ3n) is 1.27. The summed E-state index contributed by atoms with van der Waals surface area (Å²) in [4.78, 5) is -0.513. The molecule has 2 unspecified atom stereocenters. The molecule has 0 radical (unpaired) electrons. The fourth-order valence-corrected chi connectivity index (χ4v) is 0.706. The van der Waals surface area contributed by atoms with Crippen LogP contribution in [0.2, 0.25) is 0 Å². The average molecular weight is 118 g/mol. The molecule has 0 aromatic rings. The van der Waals surface area contributed by atoms with E-state index in [1.807, 2.05) is 6.92 Å². The minimum absolute atomic E-state index is 0.440. The van der Waals surface area contributed by atoms with Gasteiger partial charge in [-0.3, -0.25) is 0 Å². The van der Waals surface area contributed by atoms with E-state index in [4.69, 9.17) is 17.5 Å². The van der Waals surface area contributed by atoms with E-state index >= 15 is 0 Å². The van der Waals surface area contributed by atoms with Gasteiger partial charge in [0.1, 0.15) is 0 Å². The minimum atomic E-state index is -0.513. The average Bonchev–Trinajstić information content (AvgIpc) is 2.13. The molecule has 1 aliphatic rings. The zero-order valence-corrected chi connectivity index (χ0v) is 4.91. The Morgan fingerprint density at radius 1 is 1.50 bits per heavy atom. The smallest absolute Gasteiger partial charge is 0.0803 e. The lowest BCUT2D eigenvalue weighted by Gasteiger charge is -2.18. The molecule has 8 heavy (non-hydrogen) atoms. The summed E-state index contributed by atoms with van der Waals surface area (Å²) in [6.07, 6.45) is 0. The van der Waals surface area contributed by atoms with Gasteiger partial charge in [0.2, 0.25) is 0 Å². The Hall–Kier alpha value is -0.200. The molecule has 0 spiro atoms. The van der Waals surface area contributed by atoms with Crippen molar-refractivity contribution in [2.75, 3.05) is 6.54 Å². The summed E-state index contributed by atoms with van der Waals surface area (Å²) in [5.74, 6) is 15.8. The van der Waals surface area contributed by atoms with Gasteiger partial charge >= 0.3 is 0 Å². The van der Waals surface area contributed by atoms with Crippen LogP contribution in [0.4, 0.5) is 0 Å². The molecule has 6 N–H and O–H groups in total. The zero-order valence-electron chi connectivity index (χ0n) is 4.91. The van der Waals surface area contributed by atoms with Crippen LogP contribution in [-0.2, 0) is 0 Å². The molecule has 1 aliphatic heterocycles. The van der Waals surface area contributed by atoms with Crippen molar-refractivity contribution in [3.05, 3.63) is 0 Å². The van der Waals surface area contributed by atoms with E-state index < -0.39 is 4.92 Å². The Labute approximate surface area is 48.1 Å². The molecule has 2 atom stereocenters. The molecule has 1 rings (SSSR count). The van der Waals surface area contributed by atoms with Crippen LogP contribution in [0.3, 0.4) is 0 Å². The van der Waals surface area contributed by atoms with Gasteiger partial charge in [0.05, 0.1) is 12.6 Å². The topological polar surface area (TPSA) is 81.1 Å². The summed E-state index contributed by atoms with van der Waals surface area (Å²) in [5.41, 5.74) is 0. The summed E-state index contributed by atoms with van der Waals surface area (Å²) in [6.45, 7) is 2.91. The number of nitrogens with two attached hydrogens (primary N) is 3. The normalized spacial score (nSPS) is 37.5. The Bertz CT molecular complexity index is 94.3. The van der Waals surface area contributed by atoms with Crippen molar-refractivity contribution in [3.8, 4) is 0 Å². The van der Waals surface area contributed by atoms with Crippen molar-refractivity contribution in [1.29, 1.82) is 0 Å². The predicted molar refractivity (Wildman–Crippen MR) is 29.0 cm³/mol. The number of hydrogen-bond acceptors (Lipinski definition) is 4. The van der Waals surface area contributed by atoms with E-state index in [1.54, 1.807) is 5.01 Å². The molecule has 0 amide bonds. The Balaban J connectivity index is 2.39. The van der Waals surface area contributed by atoms with Crippen molar-refractivity contribution < 1.29 is 4.92 Å². The second kappa shape index (κ2) is 1.40. The maximum Gasteiger partial charge on any atom is 0.0803 e. The second-order valence-corrected chi connectivity index (χ2v) is 2.26. The van der Waals surface area contributed by atoms with Crippen molar-refractivity contribution in [2.24, 2.45) is 17.5 Å². The lowest BCUT2D eigenvalue weighted by atomic mass is 10.6. The molecule has 1 saturated heterocycles. The van der Waals surface area contributed by atoms with Crippen LogP contribution in [0.15, 0.2) is 0 Å². The molecule has 1 fully saturated rings. The lowest BCUT2D eigenvalue weighted by Crippen LogP contribution is -2.69. The molecular weight excluding hydrogens is 106 g/mol. The maximum atomic E-state index is 5.25. The first-order valence-corrected chi connectivity index (χ1v) is 2.53. The van der Waals surface area contributed by atoms with E-state index in [0.717, 1.165) is 6.54 Å². The van der Waals surface area contributed by atoms with Crippen LogP contribution in [0, 0.1) is 0 Å². The van der Waals surface area contributed by atoms with Gasteiger partial charge in [0, 0.05) is 0 Å². The van der Waals surface area contributed by atoms with Crippen LogP contribution >= 0.6 is 0 Å². The highest BCUT2D eigenvalue weighted by Crippen LogP contribution is 2.16. The maximum absolute atomic E-state index is 5.25. The van der Waals surface area contributed by atoms with E-state index in [0.29, 0.717) is 6.04 Å². The number of rotatable bonds is 1. The van der Waals surface area contributed by atoms with E-state index in [2.05, 4.69) is 0 Å². The highest BCUT2D eigenvalue weighted by Gasteiger charge is 2.44. The molecule has 0 aromatic carbocycles. The summed E-state index contributed by atoms with van der Waals surface area (Å²) in [7, 11) is 0. The molecule has 1 heterocycles. The SMILES string of the molecule is CC1CN1[N+](N)(N)N. The van der Waals surface area contributed by atoms with E-state index in [-0.39, 0.29) is 0 Å². The number of quaternary nitrogens is 1. The molecule has 0 saturated carbocycles. The van der Waals surface area contributed by atoms with Crippen LogP contribution < -0.4 is 17.5 Å². The van der Waals surface area contributed by atoms with Gasteiger partial charge in [-0.2, -0.15) is 0 Å². The largest absolute Gasteiger partial charge is 0.121 e. The van der Waals surface area contributed by atoms with E-state index in [1.165, 1.54) is 0 Å². The predicted octanol–water partition coefficient (Wildman–Crippen LogP) is -1.96. The van der Waals surface area contributed by atoms with Crippen LogP contribution in [0.1, 0.15) is 6.92 Å². The fraction of sp³-hybridized carbons (Fsp3) is 1.00. The minimum Gasteiger partial charge on any atom is -0.121 e. The van der Waals surface area contributed by atoms with Gasteiger partial charge in [0.15, 0.2) is 0 Å². The third kappa shape index (κ3) is 0.960. The van der Waals surface area contributed by atoms with Gasteiger partial charge in [-0.1, -0.05) is 5.01 Å². The first-order valence-electron chi connectivity index (χ1n) is 2.53. The van der Waals surface area contributed by atoms with Crippen LogP contribution in [-0.4, -0.2) is 22.5 Å². The quantitative estimate of drug-likeness (QED) is 0.162. The molecule has 0 aliphatic carbocycles. The lowest BCUT2D eigenvalue weighted by molar-refractivity contribution is -1.05. The summed E-state index contributed by atoms with van der Waals surface area (Å²) in [5, 5.41) is 1.75. The standard InChI is InChI=1S/C3H12N5/c1-3-2-7(3)8(4,5)6/h3H,2,4-6H2,1H3/q+1. The van der Waals surface area contributed by atoms with Gasteiger partial charge in [-0.15, -0.1) is 17.5 Å². The van der Waals surface area contributed by atoms with Gasteiger partial charge in [-0.25, -0.2) is 0 Å². The number of nitrogens with zero attached hydrogens (tertiary/aromatic N) is 2. The molecular formula is C3H12N5+. The van der Waals surface area contributed by atoms with Crippen molar-refractivity contribution in [1.82, 2.24) is 5.01 Å². The monoisotopic (exact) mass is 118 g/mol. The van der Waals surface area contributed by atoms with Crippen LogP contribution in [0.25, 0.3) is 0 Å². The zero-order chi connectivity index (χ0) is 6.36. The number of hydrogen-bond donors (Lipinski definition) is 3. The Morgan fingerprint density at radius 3 is 1.88 bits per heavy atom. The van der Waals surface area contributed by atoms with Gasteiger partial charge in [0.25, 0.3) is 0 Å². The first kappa shape index (κ1) is 5.93. The van der Waals surface area contributed by atoms with E-state index in [9.17, 15) is 0 Å².